The molecule has 0 spiro atoms. The van der Waals surface area contributed by atoms with E-state index in [1.165, 1.54) is 19.3 Å². The Morgan fingerprint density at radius 3 is 1.74 bits per heavy atom. The zero-order chi connectivity index (χ0) is 15.3. The predicted molar refractivity (Wildman–Crippen MR) is 83.6 cm³/mol. The van der Waals surface area contributed by atoms with Crippen LogP contribution in [0.5, 0.6) is 0 Å². The highest BCUT2D eigenvalue weighted by molar-refractivity contribution is 5.68. The smallest absolute Gasteiger partial charge is 0.410 e. The molecule has 0 radical (unpaired) electrons. The number of hydrogen-bond acceptors (Lipinski definition) is 2. The highest BCUT2D eigenvalue weighted by Gasteiger charge is 2.23. The van der Waals surface area contributed by atoms with E-state index in [1.54, 1.807) is 4.90 Å². The summed E-state index contributed by atoms with van der Waals surface area (Å²) in [4.78, 5) is 13.1. The second kappa shape index (κ2) is 12.3. The fourth-order valence-corrected chi connectivity index (χ4v) is 1.58. The van der Waals surface area contributed by atoms with Gasteiger partial charge in [0.2, 0.25) is 0 Å². The van der Waals surface area contributed by atoms with Crippen molar-refractivity contribution in [1.82, 2.24) is 4.90 Å². The van der Waals surface area contributed by atoms with Gasteiger partial charge < -0.3 is 9.64 Å². The summed E-state index contributed by atoms with van der Waals surface area (Å²) >= 11 is 0. The van der Waals surface area contributed by atoms with Gasteiger partial charge in [0.1, 0.15) is 5.60 Å². The molecule has 0 bridgehead atoms. The molecule has 1 amide bonds. The van der Waals surface area contributed by atoms with Gasteiger partial charge in [-0.2, -0.15) is 0 Å². The van der Waals surface area contributed by atoms with Crippen LogP contribution in [-0.2, 0) is 4.74 Å². The first-order chi connectivity index (χ1) is 8.90. The summed E-state index contributed by atoms with van der Waals surface area (Å²) in [5.41, 5.74) is -0.361. The minimum absolute atomic E-state index is 0.167. The molecule has 1 fully saturated rings. The van der Waals surface area contributed by atoms with Gasteiger partial charge in [0.25, 0.3) is 0 Å². The van der Waals surface area contributed by atoms with Gasteiger partial charge in [0.05, 0.1) is 0 Å². The van der Waals surface area contributed by atoms with Crippen molar-refractivity contribution in [2.24, 2.45) is 0 Å². The molecule has 1 aliphatic heterocycles. The van der Waals surface area contributed by atoms with E-state index in [4.69, 9.17) is 4.74 Å². The third kappa shape index (κ3) is 13.5. The Morgan fingerprint density at radius 1 is 1.05 bits per heavy atom. The van der Waals surface area contributed by atoms with Crippen molar-refractivity contribution in [3.05, 3.63) is 0 Å². The van der Waals surface area contributed by atoms with E-state index in [0.717, 1.165) is 25.9 Å². The number of likely N-dealkylation sites (tertiary alicyclic amines) is 1. The van der Waals surface area contributed by atoms with E-state index in [9.17, 15) is 4.79 Å². The molecule has 3 heteroatoms. The zero-order valence-corrected chi connectivity index (χ0v) is 14.2. The molecule has 0 aromatic rings. The molecule has 1 heterocycles. The SMILES string of the molecule is CC.CC(C)(C)OC(=O)N1CCCC1.CCCCC. The van der Waals surface area contributed by atoms with Crippen molar-refractivity contribution in [3.8, 4) is 0 Å². The fourth-order valence-electron chi connectivity index (χ4n) is 1.58. The Balaban J connectivity index is 0. The molecule has 1 saturated heterocycles. The molecular weight excluding hydrogens is 238 g/mol. The summed E-state index contributed by atoms with van der Waals surface area (Å²) in [6.45, 7) is 15.8. The summed E-state index contributed by atoms with van der Waals surface area (Å²) in [6.07, 6.45) is 6.13. The van der Waals surface area contributed by atoms with Crippen LogP contribution in [0.3, 0.4) is 0 Å². The Morgan fingerprint density at radius 2 is 1.47 bits per heavy atom. The third-order valence-electron chi connectivity index (χ3n) is 2.46. The van der Waals surface area contributed by atoms with Crippen molar-refractivity contribution < 1.29 is 9.53 Å². The lowest BCUT2D eigenvalue weighted by atomic mass is 10.2. The van der Waals surface area contributed by atoms with Gasteiger partial charge in [-0.15, -0.1) is 0 Å². The van der Waals surface area contributed by atoms with Crippen molar-refractivity contribution in [2.45, 2.75) is 86.2 Å². The second-order valence-electron chi connectivity index (χ2n) is 5.53. The van der Waals surface area contributed by atoms with E-state index in [1.807, 2.05) is 34.6 Å². The summed E-state index contributed by atoms with van der Waals surface area (Å²) in [6, 6.07) is 0. The molecule has 0 unspecified atom stereocenters. The van der Waals surface area contributed by atoms with Crippen molar-refractivity contribution in [1.29, 1.82) is 0 Å². The van der Waals surface area contributed by atoms with Crippen LogP contribution in [0.15, 0.2) is 0 Å². The molecule has 0 aliphatic carbocycles. The summed E-state index contributed by atoms with van der Waals surface area (Å²) < 4.78 is 5.21. The van der Waals surface area contributed by atoms with Crippen molar-refractivity contribution >= 4 is 6.09 Å². The standard InChI is InChI=1S/C9H17NO2.C5H12.C2H6/c1-9(2,3)12-8(11)10-6-4-5-7-10;1-3-5-4-2;1-2/h4-7H2,1-3H3;3-5H2,1-2H3;1-2H3. The van der Waals surface area contributed by atoms with Crippen LogP contribution in [0.25, 0.3) is 0 Å². The number of nitrogens with zero attached hydrogens (tertiary/aromatic N) is 1. The lowest BCUT2D eigenvalue weighted by Crippen LogP contribution is -2.34. The zero-order valence-electron chi connectivity index (χ0n) is 14.2. The summed E-state index contributed by atoms with van der Waals surface area (Å²) in [7, 11) is 0. The van der Waals surface area contributed by atoms with Crippen LogP contribution in [0.4, 0.5) is 4.79 Å². The summed E-state index contributed by atoms with van der Waals surface area (Å²) in [5.74, 6) is 0. The van der Waals surface area contributed by atoms with Gasteiger partial charge in [-0.1, -0.05) is 47.0 Å². The van der Waals surface area contributed by atoms with Gasteiger partial charge in [-0.25, -0.2) is 4.79 Å². The minimum Gasteiger partial charge on any atom is -0.444 e. The van der Waals surface area contributed by atoms with E-state index >= 15 is 0 Å². The Kier molecular flexibility index (Phi) is 13.3. The maximum Gasteiger partial charge on any atom is 0.410 e. The molecule has 1 aliphatic rings. The second-order valence-corrected chi connectivity index (χ2v) is 5.53. The molecule has 1 rings (SSSR count). The number of hydrogen-bond donors (Lipinski definition) is 0. The largest absolute Gasteiger partial charge is 0.444 e. The number of carbonyl (C=O) groups excluding carboxylic acids is 1. The Bertz CT molecular complexity index is 201. The van der Waals surface area contributed by atoms with Gasteiger partial charge in [-0.3, -0.25) is 0 Å². The van der Waals surface area contributed by atoms with Crippen molar-refractivity contribution in [3.63, 3.8) is 0 Å². The maximum absolute atomic E-state index is 11.4. The lowest BCUT2D eigenvalue weighted by molar-refractivity contribution is 0.0295. The average Bonchev–Trinajstić information content (AvgIpc) is 2.85. The molecule has 19 heavy (non-hydrogen) atoms. The normalized spacial score (nSPS) is 13.9. The fraction of sp³-hybridized carbons (Fsp3) is 0.938. The molecule has 0 saturated carbocycles. The molecule has 116 valence electrons. The first-order valence-corrected chi connectivity index (χ1v) is 7.88. The van der Waals surface area contributed by atoms with Crippen LogP contribution in [0.1, 0.15) is 80.6 Å². The number of amides is 1. The third-order valence-corrected chi connectivity index (χ3v) is 2.46. The average molecular weight is 273 g/mol. The Labute approximate surface area is 120 Å². The predicted octanol–water partition coefficient (Wildman–Crippen LogP) is 5.24. The van der Waals surface area contributed by atoms with Crippen LogP contribution in [0, 0.1) is 0 Å². The summed E-state index contributed by atoms with van der Waals surface area (Å²) in [5, 5.41) is 0. The molecule has 0 aromatic heterocycles. The van der Waals surface area contributed by atoms with Crippen molar-refractivity contribution in [2.75, 3.05) is 13.1 Å². The topological polar surface area (TPSA) is 29.5 Å². The van der Waals surface area contributed by atoms with Gasteiger partial charge in [0.15, 0.2) is 0 Å². The highest BCUT2D eigenvalue weighted by Crippen LogP contribution is 2.14. The number of rotatable bonds is 2. The van der Waals surface area contributed by atoms with Crippen LogP contribution in [0.2, 0.25) is 0 Å². The molecule has 0 aromatic carbocycles. The molecule has 0 N–H and O–H groups in total. The number of carbonyl (C=O) groups is 1. The highest BCUT2D eigenvalue weighted by atomic mass is 16.6. The van der Waals surface area contributed by atoms with Gasteiger partial charge >= 0.3 is 6.09 Å². The van der Waals surface area contributed by atoms with Crippen LogP contribution < -0.4 is 0 Å². The van der Waals surface area contributed by atoms with E-state index < -0.39 is 0 Å². The minimum atomic E-state index is -0.361. The Hall–Kier alpha value is -0.730. The molecule has 0 atom stereocenters. The number of unbranched alkanes of at least 4 members (excludes halogenated alkanes) is 2. The number of ether oxygens (including phenoxy) is 1. The monoisotopic (exact) mass is 273 g/mol. The van der Waals surface area contributed by atoms with Crippen LogP contribution in [-0.4, -0.2) is 29.7 Å². The first-order valence-electron chi connectivity index (χ1n) is 7.88. The van der Waals surface area contributed by atoms with E-state index in [0.29, 0.717) is 0 Å². The lowest BCUT2D eigenvalue weighted by Gasteiger charge is -2.23. The quantitative estimate of drug-likeness (QED) is 0.688. The van der Waals surface area contributed by atoms with Gasteiger partial charge in [0, 0.05) is 13.1 Å². The van der Waals surface area contributed by atoms with E-state index in [2.05, 4.69) is 13.8 Å². The molecular formula is C16H35NO2. The molecule has 3 nitrogen and oxygen atoms in total. The van der Waals surface area contributed by atoms with Gasteiger partial charge in [-0.05, 0) is 33.6 Å². The first kappa shape index (κ1) is 20.6. The maximum atomic E-state index is 11.4. The van der Waals surface area contributed by atoms with E-state index in [-0.39, 0.29) is 11.7 Å². The van der Waals surface area contributed by atoms with Crippen LogP contribution >= 0.6 is 0 Å².